The van der Waals surface area contributed by atoms with Gasteiger partial charge >= 0.3 is 0 Å². The van der Waals surface area contributed by atoms with Gasteiger partial charge in [0.15, 0.2) is 0 Å². The summed E-state index contributed by atoms with van der Waals surface area (Å²) < 4.78 is 19.1. The number of fused-ring (bicyclic) bond motifs is 3. The maximum Gasteiger partial charge on any atom is 0.213 e. The van der Waals surface area contributed by atoms with E-state index >= 15 is 0 Å². The summed E-state index contributed by atoms with van der Waals surface area (Å²) in [7, 11) is 0. The third-order valence-corrected chi connectivity index (χ3v) is 6.44. The first kappa shape index (κ1) is 22.8. The Bertz CT molecular complexity index is 1180. The van der Waals surface area contributed by atoms with Gasteiger partial charge in [0.2, 0.25) is 6.23 Å². The van der Waals surface area contributed by atoms with Gasteiger partial charge in [0.25, 0.3) is 0 Å². The summed E-state index contributed by atoms with van der Waals surface area (Å²) in [5.74, 6) is 2.64. The average Bonchev–Trinajstić information content (AvgIpc) is 3.29. The molecule has 34 heavy (non-hydrogen) atoms. The van der Waals surface area contributed by atoms with Crippen LogP contribution >= 0.6 is 15.9 Å². The third kappa shape index (κ3) is 4.64. The van der Waals surface area contributed by atoms with Crippen LogP contribution < -0.4 is 14.2 Å². The molecule has 3 aromatic carbocycles. The van der Waals surface area contributed by atoms with Gasteiger partial charge in [-0.2, -0.15) is 5.10 Å². The highest BCUT2D eigenvalue weighted by molar-refractivity contribution is 9.10. The maximum atomic E-state index is 6.49. The molecule has 0 radical (unpaired) electrons. The molecular formula is C28H29BrN2O3. The van der Waals surface area contributed by atoms with Crippen LogP contribution in [0.4, 0.5) is 0 Å². The van der Waals surface area contributed by atoms with Crippen LogP contribution in [0.5, 0.6) is 17.2 Å². The molecule has 6 heteroatoms. The summed E-state index contributed by atoms with van der Waals surface area (Å²) >= 11 is 3.62. The van der Waals surface area contributed by atoms with E-state index in [1.165, 1.54) is 0 Å². The molecular weight excluding hydrogens is 492 g/mol. The molecule has 2 atom stereocenters. The minimum atomic E-state index is -0.306. The summed E-state index contributed by atoms with van der Waals surface area (Å²) in [6.45, 7) is 6.88. The second kappa shape index (κ2) is 9.71. The fourth-order valence-corrected chi connectivity index (χ4v) is 4.78. The number of rotatable bonds is 7. The number of halogens is 1. The van der Waals surface area contributed by atoms with Crippen molar-refractivity contribution in [3.05, 3.63) is 87.9 Å². The second-order valence-electron chi connectivity index (χ2n) is 8.91. The predicted octanol–water partition coefficient (Wildman–Crippen LogP) is 7.27. The standard InChI is InChI=1S/C28H29BrN2O3/c1-4-15-32-22-10-7-20(8-11-22)28-31-26(24-16-21(29)9-14-27(24)34-28)17-25(30-31)19-5-12-23(13-6-19)33-18(2)3/h5-14,16,18,26,28H,4,15,17H2,1-3H3/t26-,28+/m1/s1. The molecule has 2 heterocycles. The molecule has 0 fully saturated rings. The maximum absolute atomic E-state index is 6.49. The monoisotopic (exact) mass is 520 g/mol. The van der Waals surface area contributed by atoms with E-state index in [0.29, 0.717) is 6.61 Å². The van der Waals surface area contributed by atoms with Crippen molar-refractivity contribution in [2.75, 3.05) is 6.61 Å². The Morgan fingerprint density at radius 2 is 1.76 bits per heavy atom. The lowest BCUT2D eigenvalue weighted by Crippen LogP contribution is -2.33. The normalized spacial score (nSPS) is 18.7. The smallest absolute Gasteiger partial charge is 0.213 e. The van der Waals surface area contributed by atoms with Crippen molar-refractivity contribution in [2.24, 2.45) is 5.10 Å². The number of hydrogen-bond donors (Lipinski definition) is 0. The predicted molar refractivity (Wildman–Crippen MR) is 138 cm³/mol. The van der Waals surface area contributed by atoms with Gasteiger partial charge in [-0.15, -0.1) is 0 Å². The van der Waals surface area contributed by atoms with Crippen molar-refractivity contribution < 1.29 is 14.2 Å². The van der Waals surface area contributed by atoms with Crippen LogP contribution in [-0.2, 0) is 0 Å². The van der Waals surface area contributed by atoms with E-state index < -0.39 is 0 Å². The van der Waals surface area contributed by atoms with Gasteiger partial charge in [0.05, 0.1) is 24.5 Å². The summed E-state index contributed by atoms with van der Waals surface area (Å²) in [4.78, 5) is 0. The molecule has 3 aromatic rings. The molecule has 0 amide bonds. The molecule has 5 rings (SSSR count). The summed E-state index contributed by atoms with van der Waals surface area (Å²) in [5, 5.41) is 7.17. The fraction of sp³-hybridized carbons (Fsp3) is 0.321. The Morgan fingerprint density at radius 1 is 1.03 bits per heavy atom. The van der Waals surface area contributed by atoms with Gasteiger partial charge in [-0.25, -0.2) is 5.01 Å². The van der Waals surface area contributed by atoms with Gasteiger partial charge < -0.3 is 14.2 Å². The lowest BCUT2D eigenvalue weighted by molar-refractivity contribution is -0.0191. The lowest BCUT2D eigenvalue weighted by atomic mass is 9.96. The Hall–Kier alpha value is -2.99. The van der Waals surface area contributed by atoms with Crippen LogP contribution in [-0.4, -0.2) is 23.4 Å². The molecule has 2 aliphatic heterocycles. The van der Waals surface area contributed by atoms with Crippen LogP contribution in [0, 0.1) is 0 Å². The summed E-state index contributed by atoms with van der Waals surface area (Å²) in [6.07, 6.45) is 1.64. The fourth-order valence-electron chi connectivity index (χ4n) is 4.40. The minimum Gasteiger partial charge on any atom is -0.494 e. The molecule has 0 aromatic heterocycles. The first-order valence-corrected chi connectivity index (χ1v) is 12.6. The van der Waals surface area contributed by atoms with E-state index in [1.54, 1.807) is 0 Å². The molecule has 0 unspecified atom stereocenters. The molecule has 0 saturated carbocycles. The molecule has 0 aliphatic carbocycles. The Balaban J connectivity index is 1.47. The van der Waals surface area contributed by atoms with E-state index in [9.17, 15) is 0 Å². The van der Waals surface area contributed by atoms with Gasteiger partial charge in [-0.1, -0.05) is 22.9 Å². The number of hydrogen-bond acceptors (Lipinski definition) is 5. The molecule has 0 saturated heterocycles. The van der Waals surface area contributed by atoms with Crippen LogP contribution in [0.25, 0.3) is 0 Å². The Labute approximate surface area is 209 Å². The van der Waals surface area contributed by atoms with Gasteiger partial charge in [0, 0.05) is 22.0 Å². The zero-order chi connectivity index (χ0) is 23.7. The van der Waals surface area contributed by atoms with Crippen molar-refractivity contribution in [3.63, 3.8) is 0 Å². The molecule has 176 valence electrons. The Morgan fingerprint density at radius 3 is 2.47 bits per heavy atom. The van der Waals surface area contributed by atoms with Crippen LogP contribution in [0.2, 0.25) is 0 Å². The molecule has 0 bridgehead atoms. The number of hydrazone groups is 1. The molecule has 2 aliphatic rings. The number of benzene rings is 3. The van der Waals surface area contributed by atoms with Crippen LogP contribution in [0.1, 0.15) is 62.6 Å². The average molecular weight is 521 g/mol. The first-order valence-electron chi connectivity index (χ1n) is 11.8. The van der Waals surface area contributed by atoms with E-state index in [4.69, 9.17) is 19.3 Å². The molecule has 5 nitrogen and oxygen atoms in total. The topological polar surface area (TPSA) is 43.3 Å². The van der Waals surface area contributed by atoms with Crippen molar-refractivity contribution in [2.45, 2.75) is 52.0 Å². The third-order valence-electron chi connectivity index (χ3n) is 5.95. The highest BCUT2D eigenvalue weighted by Crippen LogP contribution is 2.48. The lowest BCUT2D eigenvalue weighted by Gasteiger charge is -2.38. The summed E-state index contributed by atoms with van der Waals surface area (Å²) in [5.41, 5.74) is 4.34. The zero-order valence-electron chi connectivity index (χ0n) is 19.7. The largest absolute Gasteiger partial charge is 0.494 e. The van der Waals surface area contributed by atoms with E-state index in [1.807, 2.05) is 50.2 Å². The van der Waals surface area contributed by atoms with Crippen molar-refractivity contribution in [1.82, 2.24) is 5.01 Å². The zero-order valence-corrected chi connectivity index (χ0v) is 21.3. The highest BCUT2D eigenvalue weighted by atomic mass is 79.9. The molecule has 0 N–H and O–H groups in total. The van der Waals surface area contributed by atoms with E-state index in [2.05, 4.69) is 58.2 Å². The van der Waals surface area contributed by atoms with Gasteiger partial charge in [-0.3, -0.25) is 0 Å². The van der Waals surface area contributed by atoms with E-state index in [0.717, 1.165) is 57.0 Å². The second-order valence-corrected chi connectivity index (χ2v) is 9.82. The SMILES string of the molecule is CCCOc1ccc([C@@H]2Oc3ccc(Br)cc3[C@H]3CC(c4ccc(OC(C)C)cc4)=NN32)cc1. The van der Waals surface area contributed by atoms with Crippen molar-refractivity contribution >= 4 is 21.6 Å². The van der Waals surface area contributed by atoms with E-state index in [-0.39, 0.29) is 18.4 Å². The Kier molecular flexibility index (Phi) is 6.50. The summed E-state index contributed by atoms with van der Waals surface area (Å²) in [6, 6.07) is 22.7. The number of nitrogens with zero attached hydrogens (tertiary/aromatic N) is 2. The number of ether oxygens (including phenoxy) is 3. The van der Waals surface area contributed by atoms with Crippen LogP contribution in [0.3, 0.4) is 0 Å². The highest BCUT2D eigenvalue weighted by Gasteiger charge is 2.41. The van der Waals surface area contributed by atoms with Crippen molar-refractivity contribution in [1.29, 1.82) is 0 Å². The van der Waals surface area contributed by atoms with Gasteiger partial charge in [0.1, 0.15) is 17.2 Å². The van der Waals surface area contributed by atoms with Crippen molar-refractivity contribution in [3.8, 4) is 17.2 Å². The van der Waals surface area contributed by atoms with Crippen LogP contribution in [0.15, 0.2) is 76.3 Å². The minimum absolute atomic E-state index is 0.101. The first-order chi connectivity index (χ1) is 16.5. The quantitative estimate of drug-likeness (QED) is 0.328. The van der Waals surface area contributed by atoms with Gasteiger partial charge in [-0.05, 0) is 92.6 Å². The molecule has 0 spiro atoms.